The molecular weight excluding hydrogens is 480 g/mol. The molecule has 192 valence electrons. The summed E-state index contributed by atoms with van der Waals surface area (Å²) in [6.07, 6.45) is 5.45. The SMILES string of the molecule is COCCN1CCN(c2ncc(Cl)c(N3CC(C(=O)NC(C)(C)c4cnc5ccccn45)C3)n2)CC1. The van der Waals surface area contributed by atoms with Crippen LogP contribution >= 0.6 is 11.6 Å². The third-order valence-corrected chi connectivity index (χ3v) is 7.29. The molecule has 0 aliphatic carbocycles. The first kappa shape index (κ1) is 24.7. The number of anilines is 2. The molecule has 0 atom stereocenters. The summed E-state index contributed by atoms with van der Waals surface area (Å²) in [6.45, 7) is 10.4. The van der Waals surface area contributed by atoms with E-state index in [0.717, 1.165) is 50.7 Å². The van der Waals surface area contributed by atoms with Gasteiger partial charge in [0.25, 0.3) is 0 Å². The number of halogens is 1. The number of aromatic nitrogens is 4. The van der Waals surface area contributed by atoms with Crippen molar-refractivity contribution in [2.75, 3.05) is 69.3 Å². The quantitative estimate of drug-likeness (QED) is 0.490. The molecule has 36 heavy (non-hydrogen) atoms. The summed E-state index contributed by atoms with van der Waals surface area (Å²) >= 11 is 6.46. The Morgan fingerprint density at radius 3 is 2.67 bits per heavy atom. The van der Waals surface area contributed by atoms with Gasteiger partial charge < -0.3 is 24.3 Å². The van der Waals surface area contributed by atoms with Gasteiger partial charge in [-0.1, -0.05) is 17.7 Å². The molecule has 2 saturated heterocycles. The zero-order valence-corrected chi connectivity index (χ0v) is 21.8. The normalized spacial score (nSPS) is 17.4. The van der Waals surface area contributed by atoms with Gasteiger partial charge in [-0.3, -0.25) is 9.69 Å². The lowest BCUT2D eigenvalue weighted by molar-refractivity contribution is -0.127. The predicted octanol–water partition coefficient (Wildman–Crippen LogP) is 2.03. The highest BCUT2D eigenvalue weighted by Gasteiger charge is 2.38. The highest BCUT2D eigenvalue weighted by atomic mass is 35.5. The number of ether oxygens (including phenoxy) is 1. The molecule has 0 spiro atoms. The molecular formula is C25H33ClN8O2. The van der Waals surface area contributed by atoms with Crippen molar-refractivity contribution < 1.29 is 9.53 Å². The first-order valence-corrected chi connectivity index (χ1v) is 12.7. The molecule has 2 fully saturated rings. The number of rotatable bonds is 8. The summed E-state index contributed by atoms with van der Waals surface area (Å²) in [5.74, 6) is 1.25. The number of hydrogen-bond acceptors (Lipinski definition) is 8. The fourth-order valence-corrected chi connectivity index (χ4v) is 5.01. The van der Waals surface area contributed by atoms with Crippen LogP contribution in [0.15, 0.2) is 36.8 Å². The summed E-state index contributed by atoms with van der Waals surface area (Å²) < 4.78 is 7.19. The largest absolute Gasteiger partial charge is 0.383 e. The molecule has 10 nitrogen and oxygen atoms in total. The number of hydrogen-bond donors (Lipinski definition) is 1. The standard InChI is InChI=1S/C25H33ClN8O2/c1-25(2,20-15-27-21-6-4-5-7-34(20)21)30-23(35)18-16-33(17-18)22-19(26)14-28-24(29-22)32-10-8-31(9-11-32)12-13-36-3/h4-7,14-15,18H,8-13,16-17H2,1-3H3,(H,30,35). The maximum atomic E-state index is 13.1. The molecule has 0 radical (unpaired) electrons. The number of amides is 1. The summed E-state index contributed by atoms with van der Waals surface area (Å²) in [5, 5.41) is 3.71. The Bertz CT molecular complexity index is 1220. The monoisotopic (exact) mass is 512 g/mol. The Morgan fingerprint density at radius 2 is 1.92 bits per heavy atom. The third-order valence-electron chi connectivity index (χ3n) is 7.02. The fraction of sp³-hybridized carbons (Fsp3) is 0.520. The minimum atomic E-state index is -0.566. The minimum absolute atomic E-state index is 0.0136. The Balaban J connectivity index is 1.19. The third kappa shape index (κ3) is 4.98. The molecule has 0 aromatic carbocycles. The Labute approximate surface area is 216 Å². The molecule has 2 aliphatic rings. The number of piperazine rings is 1. The molecule has 11 heteroatoms. The fourth-order valence-electron chi connectivity index (χ4n) is 4.80. The van der Waals surface area contributed by atoms with Crippen molar-refractivity contribution in [1.82, 2.24) is 29.6 Å². The topological polar surface area (TPSA) is 91.1 Å². The molecule has 1 amide bonds. The summed E-state index contributed by atoms with van der Waals surface area (Å²) in [6, 6.07) is 5.86. The van der Waals surface area contributed by atoms with Crippen molar-refractivity contribution in [2.45, 2.75) is 19.4 Å². The van der Waals surface area contributed by atoms with Gasteiger partial charge in [0.15, 0.2) is 5.82 Å². The predicted molar refractivity (Wildman–Crippen MR) is 140 cm³/mol. The van der Waals surface area contributed by atoms with E-state index in [9.17, 15) is 4.79 Å². The average Bonchev–Trinajstić information content (AvgIpc) is 3.28. The van der Waals surface area contributed by atoms with Crippen LogP contribution in [-0.2, 0) is 15.1 Å². The van der Waals surface area contributed by atoms with E-state index in [1.165, 1.54) is 0 Å². The van der Waals surface area contributed by atoms with Crippen LogP contribution in [0.1, 0.15) is 19.5 Å². The van der Waals surface area contributed by atoms with Crippen molar-refractivity contribution >= 4 is 34.9 Å². The second kappa shape index (κ2) is 10.2. The Kier molecular flexibility index (Phi) is 7.00. The number of nitrogens with one attached hydrogen (secondary N) is 1. The van der Waals surface area contributed by atoms with Gasteiger partial charge in [-0.05, 0) is 26.0 Å². The van der Waals surface area contributed by atoms with Crippen LogP contribution in [0.25, 0.3) is 5.65 Å². The van der Waals surface area contributed by atoms with E-state index in [4.69, 9.17) is 21.3 Å². The molecule has 3 aromatic heterocycles. The number of pyridine rings is 1. The van der Waals surface area contributed by atoms with Crippen LogP contribution in [0.4, 0.5) is 11.8 Å². The average molecular weight is 513 g/mol. The van der Waals surface area contributed by atoms with Gasteiger partial charge in [-0.25, -0.2) is 9.97 Å². The summed E-state index contributed by atoms with van der Waals surface area (Å²) in [5.41, 5.74) is 1.23. The van der Waals surface area contributed by atoms with E-state index in [1.807, 2.05) is 53.7 Å². The van der Waals surface area contributed by atoms with Gasteiger partial charge in [0, 0.05) is 59.1 Å². The van der Waals surface area contributed by atoms with E-state index < -0.39 is 5.54 Å². The minimum Gasteiger partial charge on any atom is -0.383 e. The second-order valence-corrected chi connectivity index (χ2v) is 10.4. The smallest absolute Gasteiger partial charge is 0.227 e. The zero-order chi connectivity index (χ0) is 25.3. The van der Waals surface area contributed by atoms with Gasteiger partial charge in [0.1, 0.15) is 10.7 Å². The van der Waals surface area contributed by atoms with Gasteiger partial charge >= 0.3 is 0 Å². The van der Waals surface area contributed by atoms with Crippen molar-refractivity contribution in [2.24, 2.45) is 5.92 Å². The van der Waals surface area contributed by atoms with Crippen LogP contribution in [0.5, 0.6) is 0 Å². The Morgan fingerprint density at radius 1 is 1.14 bits per heavy atom. The molecule has 3 aromatic rings. The van der Waals surface area contributed by atoms with E-state index in [1.54, 1.807) is 13.3 Å². The molecule has 2 aliphatic heterocycles. The van der Waals surface area contributed by atoms with Gasteiger partial charge in [0.2, 0.25) is 11.9 Å². The number of fused-ring (bicyclic) bond motifs is 1. The summed E-state index contributed by atoms with van der Waals surface area (Å²) in [4.78, 5) is 33.4. The maximum Gasteiger partial charge on any atom is 0.227 e. The van der Waals surface area contributed by atoms with Crippen LogP contribution < -0.4 is 15.1 Å². The number of nitrogens with zero attached hydrogens (tertiary/aromatic N) is 7. The molecule has 5 rings (SSSR count). The van der Waals surface area contributed by atoms with Gasteiger partial charge in [0.05, 0.1) is 36.2 Å². The molecule has 0 saturated carbocycles. The van der Waals surface area contributed by atoms with E-state index in [0.29, 0.717) is 29.9 Å². The van der Waals surface area contributed by atoms with Crippen LogP contribution in [0.2, 0.25) is 5.02 Å². The molecule has 0 bridgehead atoms. The van der Waals surface area contributed by atoms with Crippen molar-refractivity contribution in [3.63, 3.8) is 0 Å². The number of methoxy groups -OCH3 is 1. The summed E-state index contributed by atoms with van der Waals surface area (Å²) in [7, 11) is 1.73. The number of carbonyl (C=O) groups is 1. The second-order valence-electron chi connectivity index (χ2n) is 9.95. The Hall–Kier alpha value is -2.95. The first-order chi connectivity index (χ1) is 17.4. The van der Waals surface area contributed by atoms with E-state index >= 15 is 0 Å². The lowest BCUT2D eigenvalue weighted by atomic mass is 9.95. The van der Waals surface area contributed by atoms with Crippen LogP contribution in [0.3, 0.4) is 0 Å². The lowest BCUT2D eigenvalue weighted by Gasteiger charge is -2.41. The molecule has 1 N–H and O–H groups in total. The van der Waals surface area contributed by atoms with Crippen molar-refractivity contribution in [3.8, 4) is 0 Å². The van der Waals surface area contributed by atoms with Crippen LogP contribution in [-0.4, -0.2) is 89.7 Å². The van der Waals surface area contributed by atoms with E-state index in [-0.39, 0.29) is 11.8 Å². The number of imidazole rings is 1. The number of carbonyl (C=O) groups excluding carboxylic acids is 1. The van der Waals surface area contributed by atoms with Gasteiger partial charge in [-0.15, -0.1) is 0 Å². The molecule has 5 heterocycles. The van der Waals surface area contributed by atoms with E-state index in [2.05, 4.69) is 25.1 Å². The van der Waals surface area contributed by atoms with Crippen molar-refractivity contribution in [3.05, 3.63) is 47.5 Å². The molecule has 0 unspecified atom stereocenters. The van der Waals surface area contributed by atoms with Gasteiger partial charge in [-0.2, -0.15) is 4.98 Å². The van der Waals surface area contributed by atoms with Crippen molar-refractivity contribution in [1.29, 1.82) is 0 Å². The maximum absolute atomic E-state index is 13.1. The highest BCUT2D eigenvalue weighted by Crippen LogP contribution is 2.32. The highest BCUT2D eigenvalue weighted by molar-refractivity contribution is 6.32. The first-order valence-electron chi connectivity index (χ1n) is 12.3. The lowest BCUT2D eigenvalue weighted by Crippen LogP contribution is -2.57. The van der Waals surface area contributed by atoms with Crippen LogP contribution in [0, 0.1) is 5.92 Å². The zero-order valence-electron chi connectivity index (χ0n) is 21.0.